The predicted molar refractivity (Wildman–Crippen MR) is 57.0 cm³/mol. The van der Waals surface area contributed by atoms with Crippen molar-refractivity contribution in [2.24, 2.45) is 5.92 Å². The van der Waals surface area contributed by atoms with Gasteiger partial charge in [0.05, 0.1) is 0 Å². The lowest BCUT2D eigenvalue weighted by molar-refractivity contribution is -0.121. The summed E-state index contributed by atoms with van der Waals surface area (Å²) in [4.78, 5) is 11.2. The summed E-state index contributed by atoms with van der Waals surface area (Å²) in [6.07, 6.45) is 3.16. The minimum Gasteiger partial charge on any atom is -0.300 e. The van der Waals surface area contributed by atoms with Crippen molar-refractivity contribution in [2.75, 3.05) is 0 Å². The maximum atomic E-state index is 13.4. The van der Waals surface area contributed by atoms with E-state index in [9.17, 15) is 13.6 Å². The summed E-state index contributed by atoms with van der Waals surface area (Å²) in [6.45, 7) is 0. The first-order valence-corrected chi connectivity index (χ1v) is 5.61. The van der Waals surface area contributed by atoms with Crippen molar-refractivity contribution in [3.05, 3.63) is 35.4 Å². The van der Waals surface area contributed by atoms with Crippen molar-refractivity contribution in [1.29, 1.82) is 0 Å². The molecule has 1 aliphatic rings. The van der Waals surface area contributed by atoms with Crippen LogP contribution in [0, 0.1) is 17.6 Å². The van der Waals surface area contributed by atoms with Gasteiger partial charge in [-0.1, -0.05) is 6.07 Å². The van der Waals surface area contributed by atoms with E-state index in [2.05, 4.69) is 0 Å². The zero-order valence-electron chi connectivity index (χ0n) is 9.01. The number of hydrogen-bond acceptors (Lipinski definition) is 1. The SMILES string of the molecule is O=C1CCCC(Cc2c(F)cccc2F)C1. The molecule has 0 amide bonds. The summed E-state index contributed by atoms with van der Waals surface area (Å²) in [7, 11) is 0. The van der Waals surface area contributed by atoms with E-state index in [1.165, 1.54) is 18.2 Å². The number of carbonyl (C=O) groups is 1. The number of rotatable bonds is 2. The molecule has 86 valence electrons. The van der Waals surface area contributed by atoms with Gasteiger partial charge in [0.25, 0.3) is 0 Å². The summed E-state index contributed by atoms with van der Waals surface area (Å²) in [5.41, 5.74) is 0.127. The van der Waals surface area contributed by atoms with Crippen LogP contribution in [0.1, 0.15) is 31.2 Å². The molecule has 0 radical (unpaired) electrons. The normalized spacial score (nSPS) is 21.1. The van der Waals surface area contributed by atoms with Crippen LogP contribution < -0.4 is 0 Å². The Morgan fingerprint density at radius 3 is 2.56 bits per heavy atom. The molecule has 0 N–H and O–H groups in total. The Kier molecular flexibility index (Phi) is 3.32. The van der Waals surface area contributed by atoms with E-state index in [-0.39, 0.29) is 17.3 Å². The second kappa shape index (κ2) is 4.73. The molecule has 0 saturated heterocycles. The third kappa shape index (κ3) is 2.46. The highest BCUT2D eigenvalue weighted by atomic mass is 19.1. The summed E-state index contributed by atoms with van der Waals surface area (Å²) < 4.78 is 26.8. The molecule has 0 bridgehead atoms. The summed E-state index contributed by atoms with van der Waals surface area (Å²) >= 11 is 0. The second-order valence-electron chi connectivity index (χ2n) is 4.41. The van der Waals surface area contributed by atoms with Gasteiger partial charge in [-0.3, -0.25) is 4.79 Å². The summed E-state index contributed by atoms with van der Waals surface area (Å²) in [5.74, 6) is -0.684. The first-order valence-electron chi connectivity index (χ1n) is 5.61. The lowest BCUT2D eigenvalue weighted by Gasteiger charge is -2.21. The monoisotopic (exact) mass is 224 g/mol. The number of hydrogen-bond donors (Lipinski definition) is 0. The van der Waals surface area contributed by atoms with Gasteiger partial charge in [-0.25, -0.2) is 8.78 Å². The van der Waals surface area contributed by atoms with E-state index in [1.807, 2.05) is 0 Å². The van der Waals surface area contributed by atoms with Gasteiger partial charge in [-0.05, 0) is 37.3 Å². The third-order valence-corrected chi connectivity index (χ3v) is 3.14. The molecule has 0 aliphatic heterocycles. The first kappa shape index (κ1) is 11.2. The average Bonchev–Trinajstić information content (AvgIpc) is 2.24. The van der Waals surface area contributed by atoms with Crippen molar-refractivity contribution in [3.63, 3.8) is 0 Å². The van der Waals surface area contributed by atoms with Crippen LogP contribution in [0.15, 0.2) is 18.2 Å². The lowest BCUT2D eigenvalue weighted by atomic mass is 9.84. The molecule has 3 heteroatoms. The molecule has 0 heterocycles. The summed E-state index contributed by atoms with van der Waals surface area (Å²) in [6, 6.07) is 3.90. The molecule has 1 aromatic rings. The highest BCUT2D eigenvalue weighted by molar-refractivity contribution is 5.79. The molecule has 1 aromatic carbocycles. The standard InChI is InChI=1S/C13H14F2O/c14-12-5-2-6-13(15)11(12)8-9-3-1-4-10(16)7-9/h2,5-6,9H,1,3-4,7-8H2. The fourth-order valence-electron chi connectivity index (χ4n) is 2.30. The van der Waals surface area contributed by atoms with Crippen molar-refractivity contribution < 1.29 is 13.6 Å². The van der Waals surface area contributed by atoms with Gasteiger partial charge in [0, 0.05) is 18.4 Å². The molecule has 1 saturated carbocycles. The first-order chi connectivity index (χ1) is 7.66. The highest BCUT2D eigenvalue weighted by Crippen LogP contribution is 2.26. The van der Waals surface area contributed by atoms with Gasteiger partial charge in [0.2, 0.25) is 0 Å². The van der Waals surface area contributed by atoms with Crippen LogP contribution in [-0.4, -0.2) is 5.78 Å². The molecule has 1 atom stereocenters. The van der Waals surface area contributed by atoms with E-state index in [0.717, 1.165) is 12.8 Å². The largest absolute Gasteiger partial charge is 0.300 e. The van der Waals surface area contributed by atoms with Crippen LogP contribution in [0.5, 0.6) is 0 Å². The Morgan fingerprint density at radius 1 is 1.25 bits per heavy atom. The number of halogens is 2. The predicted octanol–water partition coefficient (Wildman–Crippen LogP) is 3.27. The van der Waals surface area contributed by atoms with Crippen LogP contribution in [-0.2, 0) is 11.2 Å². The maximum Gasteiger partial charge on any atom is 0.133 e. The zero-order valence-corrected chi connectivity index (χ0v) is 9.01. The van der Waals surface area contributed by atoms with E-state index < -0.39 is 11.6 Å². The molecule has 1 aliphatic carbocycles. The van der Waals surface area contributed by atoms with Crippen molar-refractivity contribution in [3.8, 4) is 0 Å². The highest BCUT2D eigenvalue weighted by Gasteiger charge is 2.22. The Hall–Kier alpha value is -1.25. The third-order valence-electron chi connectivity index (χ3n) is 3.14. The number of benzene rings is 1. The lowest BCUT2D eigenvalue weighted by Crippen LogP contribution is -2.18. The van der Waals surface area contributed by atoms with Crippen LogP contribution in [0.4, 0.5) is 8.78 Å². The minimum absolute atomic E-state index is 0.104. The zero-order chi connectivity index (χ0) is 11.5. The van der Waals surface area contributed by atoms with Crippen molar-refractivity contribution in [1.82, 2.24) is 0 Å². The molecule has 1 unspecified atom stereocenters. The molecule has 2 rings (SSSR count). The van der Waals surface area contributed by atoms with Crippen LogP contribution in [0.3, 0.4) is 0 Å². The number of ketones is 1. The number of Topliss-reactive ketones (excluding diaryl/α,β-unsaturated/α-hetero) is 1. The fraction of sp³-hybridized carbons (Fsp3) is 0.462. The van der Waals surface area contributed by atoms with Crippen molar-refractivity contribution in [2.45, 2.75) is 32.1 Å². The Bertz CT molecular complexity index is 381. The molecule has 0 aromatic heterocycles. The summed E-state index contributed by atoms with van der Waals surface area (Å²) in [5, 5.41) is 0. The minimum atomic E-state index is -0.502. The molecular formula is C13H14F2O. The Labute approximate surface area is 93.5 Å². The van der Waals surface area contributed by atoms with E-state index in [0.29, 0.717) is 19.3 Å². The molecule has 0 spiro atoms. The van der Waals surface area contributed by atoms with Gasteiger partial charge in [0.1, 0.15) is 17.4 Å². The van der Waals surface area contributed by atoms with Crippen molar-refractivity contribution >= 4 is 5.78 Å². The average molecular weight is 224 g/mol. The van der Waals surface area contributed by atoms with E-state index >= 15 is 0 Å². The van der Waals surface area contributed by atoms with Crippen LogP contribution >= 0.6 is 0 Å². The molecule has 1 fully saturated rings. The second-order valence-corrected chi connectivity index (χ2v) is 4.41. The smallest absolute Gasteiger partial charge is 0.133 e. The Morgan fingerprint density at radius 2 is 1.94 bits per heavy atom. The quantitative estimate of drug-likeness (QED) is 0.753. The molecule has 16 heavy (non-hydrogen) atoms. The molecular weight excluding hydrogens is 210 g/mol. The van der Waals surface area contributed by atoms with E-state index in [1.54, 1.807) is 0 Å². The number of carbonyl (C=O) groups excluding carboxylic acids is 1. The van der Waals surface area contributed by atoms with Crippen LogP contribution in [0.2, 0.25) is 0 Å². The van der Waals surface area contributed by atoms with Gasteiger partial charge >= 0.3 is 0 Å². The van der Waals surface area contributed by atoms with Gasteiger partial charge < -0.3 is 0 Å². The fourth-order valence-corrected chi connectivity index (χ4v) is 2.30. The molecule has 1 nitrogen and oxygen atoms in total. The topological polar surface area (TPSA) is 17.1 Å². The van der Waals surface area contributed by atoms with Gasteiger partial charge in [0.15, 0.2) is 0 Å². The van der Waals surface area contributed by atoms with Gasteiger partial charge in [-0.15, -0.1) is 0 Å². The Balaban J connectivity index is 2.11. The van der Waals surface area contributed by atoms with Crippen LogP contribution in [0.25, 0.3) is 0 Å². The van der Waals surface area contributed by atoms with Gasteiger partial charge in [-0.2, -0.15) is 0 Å². The maximum absolute atomic E-state index is 13.4. The van der Waals surface area contributed by atoms with E-state index in [4.69, 9.17) is 0 Å².